The van der Waals surface area contributed by atoms with Gasteiger partial charge in [-0.3, -0.25) is 4.57 Å². The molecule has 0 saturated heterocycles. The lowest BCUT2D eigenvalue weighted by Crippen LogP contribution is -2.18. The zero-order valence-electron chi connectivity index (χ0n) is 13.8. The number of hydrogen-bond acceptors (Lipinski definition) is 6. The van der Waals surface area contributed by atoms with Crippen molar-refractivity contribution in [3.8, 4) is 0 Å². The van der Waals surface area contributed by atoms with Crippen LogP contribution in [-0.2, 0) is 16.3 Å². The molecule has 1 atom stereocenters. The van der Waals surface area contributed by atoms with Crippen molar-refractivity contribution in [3.63, 3.8) is 0 Å². The molecule has 26 heavy (non-hydrogen) atoms. The molecule has 0 aliphatic heterocycles. The Morgan fingerprint density at radius 2 is 2.15 bits per heavy atom. The van der Waals surface area contributed by atoms with Gasteiger partial charge in [-0.2, -0.15) is 4.98 Å². The highest BCUT2D eigenvalue weighted by molar-refractivity contribution is 7.92. The van der Waals surface area contributed by atoms with Gasteiger partial charge in [0.15, 0.2) is 11.5 Å². The molecule has 138 valence electrons. The summed E-state index contributed by atoms with van der Waals surface area (Å²) in [6.45, 7) is 1.78. The number of imidazole rings is 1. The number of fused-ring (bicyclic) bond motifs is 1. The number of nitrogens with zero attached hydrogens (tertiary/aromatic N) is 3. The standard InChI is InChI=1S/C15H16ClFN6O2S/c1-2-5-26(19,25)14-21-12(18)11-13(22-14)23(15(24)20-11)7-8-3-4-9(16)10(17)6-8/h3-4,6,19H,2,5,7H2,1H3,(H,20,24)(H2,18,21,22). The third-order valence-corrected chi connectivity index (χ3v) is 5.80. The summed E-state index contributed by atoms with van der Waals surface area (Å²) < 4.78 is 35.3. The summed E-state index contributed by atoms with van der Waals surface area (Å²) in [4.78, 5) is 22.9. The molecule has 0 amide bonds. The van der Waals surface area contributed by atoms with Crippen molar-refractivity contribution in [1.82, 2.24) is 19.5 Å². The lowest BCUT2D eigenvalue weighted by atomic mass is 10.2. The van der Waals surface area contributed by atoms with Crippen LogP contribution in [0.2, 0.25) is 5.02 Å². The van der Waals surface area contributed by atoms with E-state index in [4.69, 9.17) is 22.1 Å². The summed E-state index contributed by atoms with van der Waals surface area (Å²) in [5.41, 5.74) is 6.10. The lowest BCUT2D eigenvalue weighted by molar-refractivity contribution is 0.623. The van der Waals surface area contributed by atoms with Crippen molar-refractivity contribution in [2.24, 2.45) is 0 Å². The van der Waals surface area contributed by atoms with E-state index in [1.807, 2.05) is 0 Å². The quantitative estimate of drug-likeness (QED) is 0.568. The van der Waals surface area contributed by atoms with Crippen molar-refractivity contribution in [1.29, 1.82) is 4.78 Å². The third-order valence-electron chi connectivity index (χ3n) is 3.74. The molecule has 8 nitrogen and oxygen atoms in total. The average Bonchev–Trinajstić information content (AvgIpc) is 2.88. The van der Waals surface area contributed by atoms with E-state index in [1.165, 1.54) is 16.7 Å². The van der Waals surface area contributed by atoms with E-state index in [9.17, 15) is 13.4 Å². The SMILES string of the molecule is CCCS(=N)(=O)c1nc(N)c2[nH]c(=O)n(Cc3ccc(Cl)c(F)c3)c2n1. The maximum Gasteiger partial charge on any atom is 0.328 e. The summed E-state index contributed by atoms with van der Waals surface area (Å²) in [5.74, 6) is -0.599. The Bertz CT molecular complexity index is 1150. The molecule has 1 unspecified atom stereocenters. The van der Waals surface area contributed by atoms with Crippen LogP contribution >= 0.6 is 11.6 Å². The number of anilines is 1. The van der Waals surface area contributed by atoms with E-state index in [2.05, 4.69) is 15.0 Å². The van der Waals surface area contributed by atoms with Crippen LogP contribution in [0.1, 0.15) is 18.9 Å². The number of aromatic nitrogens is 4. The van der Waals surface area contributed by atoms with E-state index in [1.54, 1.807) is 13.0 Å². The van der Waals surface area contributed by atoms with Gasteiger partial charge in [0.25, 0.3) is 0 Å². The molecule has 2 aromatic heterocycles. The highest BCUT2D eigenvalue weighted by Crippen LogP contribution is 2.20. The average molecular weight is 399 g/mol. The molecule has 0 bridgehead atoms. The van der Waals surface area contributed by atoms with Gasteiger partial charge in [0.05, 0.1) is 11.6 Å². The molecule has 1 aromatic carbocycles. The zero-order chi connectivity index (χ0) is 19.1. The predicted molar refractivity (Wildman–Crippen MR) is 97.4 cm³/mol. The molecule has 0 saturated carbocycles. The summed E-state index contributed by atoms with van der Waals surface area (Å²) in [6, 6.07) is 4.18. The van der Waals surface area contributed by atoms with Crippen LogP contribution in [-0.4, -0.2) is 29.5 Å². The fourth-order valence-electron chi connectivity index (χ4n) is 2.52. The van der Waals surface area contributed by atoms with Crippen molar-refractivity contribution in [3.05, 3.63) is 45.1 Å². The molecule has 3 rings (SSSR count). The van der Waals surface area contributed by atoms with Crippen LogP contribution in [0.15, 0.2) is 28.2 Å². The van der Waals surface area contributed by atoms with Crippen LogP contribution in [0, 0.1) is 10.6 Å². The lowest BCUT2D eigenvalue weighted by Gasteiger charge is -2.08. The molecule has 0 radical (unpaired) electrons. The Labute approximate surface area is 153 Å². The number of nitrogen functional groups attached to an aromatic ring is 1. The first-order valence-corrected chi connectivity index (χ1v) is 9.80. The van der Waals surface area contributed by atoms with Crippen molar-refractivity contribution >= 4 is 38.3 Å². The normalized spacial score (nSPS) is 13.8. The van der Waals surface area contributed by atoms with Gasteiger partial charge >= 0.3 is 5.69 Å². The second-order valence-electron chi connectivity index (χ2n) is 5.73. The number of hydrogen-bond donors (Lipinski definition) is 3. The minimum Gasteiger partial charge on any atom is -0.382 e. The van der Waals surface area contributed by atoms with Crippen LogP contribution in [0.5, 0.6) is 0 Å². The van der Waals surface area contributed by atoms with Crippen LogP contribution in [0.4, 0.5) is 10.2 Å². The molecule has 11 heteroatoms. The van der Waals surface area contributed by atoms with Crippen LogP contribution in [0.25, 0.3) is 11.2 Å². The van der Waals surface area contributed by atoms with Crippen molar-refractivity contribution in [2.45, 2.75) is 25.0 Å². The fourth-order valence-corrected chi connectivity index (χ4v) is 3.88. The van der Waals surface area contributed by atoms with Gasteiger partial charge in [-0.05, 0) is 24.1 Å². The summed E-state index contributed by atoms with van der Waals surface area (Å²) in [5, 5.41) is -0.248. The van der Waals surface area contributed by atoms with Gasteiger partial charge in [-0.25, -0.2) is 23.2 Å². The van der Waals surface area contributed by atoms with Gasteiger partial charge in [0.2, 0.25) is 5.16 Å². The first kappa shape index (κ1) is 18.3. The predicted octanol–water partition coefficient (Wildman–Crippen LogP) is 2.36. The maximum atomic E-state index is 13.7. The number of aromatic amines is 1. The Hall–Kier alpha value is -2.46. The molecule has 0 spiro atoms. The van der Waals surface area contributed by atoms with Gasteiger partial charge in [-0.1, -0.05) is 24.6 Å². The van der Waals surface area contributed by atoms with E-state index in [0.29, 0.717) is 12.0 Å². The van der Waals surface area contributed by atoms with E-state index < -0.39 is 21.2 Å². The third kappa shape index (κ3) is 3.29. The van der Waals surface area contributed by atoms with E-state index in [-0.39, 0.29) is 39.5 Å². The number of H-pyrrole nitrogens is 1. The number of rotatable bonds is 5. The number of benzene rings is 1. The molecule has 3 aromatic rings. The Morgan fingerprint density at radius 1 is 1.42 bits per heavy atom. The Morgan fingerprint density at radius 3 is 2.81 bits per heavy atom. The summed E-state index contributed by atoms with van der Waals surface area (Å²) in [7, 11) is -3.23. The highest BCUT2D eigenvalue weighted by atomic mass is 35.5. The number of nitrogens with one attached hydrogen (secondary N) is 2. The smallest absolute Gasteiger partial charge is 0.328 e. The monoisotopic (exact) mass is 398 g/mol. The Balaban J connectivity index is 2.16. The summed E-state index contributed by atoms with van der Waals surface area (Å²) >= 11 is 5.67. The first-order chi connectivity index (χ1) is 12.2. The molecular formula is C15H16ClFN6O2S. The minimum atomic E-state index is -3.23. The van der Waals surface area contributed by atoms with Crippen molar-refractivity contribution in [2.75, 3.05) is 11.5 Å². The second-order valence-corrected chi connectivity index (χ2v) is 8.27. The zero-order valence-corrected chi connectivity index (χ0v) is 15.3. The summed E-state index contributed by atoms with van der Waals surface area (Å²) in [6.07, 6.45) is 0.508. The van der Waals surface area contributed by atoms with E-state index >= 15 is 0 Å². The van der Waals surface area contributed by atoms with Crippen LogP contribution < -0.4 is 11.4 Å². The van der Waals surface area contributed by atoms with E-state index in [0.717, 1.165) is 0 Å². The van der Waals surface area contributed by atoms with Crippen molar-refractivity contribution < 1.29 is 8.60 Å². The van der Waals surface area contributed by atoms with Crippen LogP contribution in [0.3, 0.4) is 0 Å². The van der Waals surface area contributed by atoms with Gasteiger partial charge in [0, 0.05) is 5.75 Å². The van der Waals surface area contributed by atoms with Gasteiger partial charge in [-0.15, -0.1) is 0 Å². The molecule has 2 heterocycles. The molecule has 0 aliphatic carbocycles. The topological polar surface area (TPSA) is 131 Å². The molecule has 0 fully saturated rings. The molecule has 4 N–H and O–H groups in total. The Kier molecular flexibility index (Phi) is 4.72. The molecule has 0 aliphatic rings. The molecular weight excluding hydrogens is 383 g/mol. The fraction of sp³-hybridized carbons (Fsp3) is 0.267. The number of nitrogens with two attached hydrogens (primary N) is 1. The first-order valence-electron chi connectivity index (χ1n) is 7.69. The second kappa shape index (κ2) is 6.69. The maximum absolute atomic E-state index is 13.7. The largest absolute Gasteiger partial charge is 0.382 e. The van der Waals surface area contributed by atoms with Gasteiger partial charge in [0.1, 0.15) is 21.1 Å². The minimum absolute atomic E-state index is 0.00418. The number of halogens is 2. The van der Waals surface area contributed by atoms with Gasteiger partial charge < -0.3 is 10.7 Å². The highest BCUT2D eigenvalue weighted by Gasteiger charge is 2.19.